The summed E-state index contributed by atoms with van der Waals surface area (Å²) in [6.07, 6.45) is 0. The average molecular weight is 246 g/mol. The lowest BCUT2D eigenvalue weighted by Crippen LogP contribution is -2.23. The Kier molecular flexibility index (Phi) is 3.94. The van der Waals surface area contributed by atoms with Crippen molar-refractivity contribution < 1.29 is 5.11 Å². The van der Waals surface area contributed by atoms with Crippen molar-refractivity contribution in [3.63, 3.8) is 0 Å². The van der Waals surface area contributed by atoms with Crippen LogP contribution < -0.4 is 10.2 Å². The molecule has 0 spiro atoms. The van der Waals surface area contributed by atoms with E-state index in [0.29, 0.717) is 12.5 Å². The Morgan fingerprint density at radius 3 is 2.78 bits per heavy atom. The second-order valence-electron chi connectivity index (χ2n) is 4.06. The van der Waals surface area contributed by atoms with Crippen LogP contribution in [0.2, 0.25) is 0 Å². The summed E-state index contributed by atoms with van der Waals surface area (Å²) in [5, 5.41) is 13.2. The van der Waals surface area contributed by atoms with Gasteiger partial charge in [0.2, 0.25) is 5.95 Å². The van der Waals surface area contributed by atoms with Crippen molar-refractivity contribution in [2.45, 2.75) is 6.92 Å². The van der Waals surface area contributed by atoms with E-state index >= 15 is 0 Å². The van der Waals surface area contributed by atoms with Crippen LogP contribution in [0.15, 0.2) is 24.3 Å². The molecule has 0 atom stereocenters. The van der Waals surface area contributed by atoms with E-state index in [2.05, 4.69) is 15.3 Å². The number of para-hydroxylation sites is 1. The summed E-state index contributed by atoms with van der Waals surface area (Å²) in [6.45, 7) is 3.44. The van der Waals surface area contributed by atoms with E-state index in [9.17, 15) is 0 Å². The van der Waals surface area contributed by atoms with E-state index in [1.165, 1.54) is 0 Å². The van der Waals surface area contributed by atoms with Gasteiger partial charge in [0.05, 0.1) is 12.1 Å². The van der Waals surface area contributed by atoms with E-state index in [1.54, 1.807) is 0 Å². The third-order valence-corrected chi connectivity index (χ3v) is 2.71. The van der Waals surface area contributed by atoms with Gasteiger partial charge in [-0.15, -0.1) is 0 Å². The van der Waals surface area contributed by atoms with E-state index in [-0.39, 0.29) is 6.61 Å². The number of anilines is 2. The lowest BCUT2D eigenvalue weighted by Gasteiger charge is -2.19. The predicted octanol–water partition coefficient (Wildman–Crippen LogP) is 1.49. The minimum Gasteiger partial charge on any atom is -0.395 e. The second kappa shape index (κ2) is 5.64. The Labute approximate surface area is 106 Å². The van der Waals surface area contributed by atoms with Gasteiger partial charge < -0.3 is 15.3 Å². The second-order valence-corrected chi connectivity index (χ2v) is 4.06. The molecule has 1 aromatic heterocycles. The Morgan fingerprint density at radius 1 is 1.28 bits per heavy atom. The van der Waals surface area contributed by atoms with Gasteiger partial charge >= 0.3 is 0 Å². The first-order valence-corrected chi connectivity index (χ1v) is 6.09. The molecule has 0 aliphatic carbocycles. The van der Waals surface area contributed by atoms with Gasteiger partial charge in [0.15, 0.2) is 0 Å². The van der Waals surface area contributed by atoms with Crippen molar-refractivity contribution in [1.82, 2.24) is 9.97 Å². The highest BCUT2D eigenvalue weighted by atomic mass is 16.3. The maximum atomic E-state index is 9.04. The first-order chi connectivity index (χ1) is 8.76. The highest BCUT2D eigenvalue weighted by Crippen LogP contribution is 2.24. The number of rotatable bonds is 5. The standard InChI is InChI=1S/C13H18N4O/c1-3-14-13-15-11-7-5-4-6-10(11)12(16-13)17(2)8-9-18/h4-7,18H,3,8-9H2,1-2H3,(H,14,15,16). The smallest absolute Gasteiger partial charge is 0.225 e. The van der Waals surface area contributed by atoms with Crippen molar-refractivity contribution in [3.05, 3.63) is 24.3 Å². The molecule has 1 heterocycles. The molecule has 0 radical (unpaired) electrons. The van der Waals surface area contributed by atoms with Crippen molar-refractivity contribution in [2.75, 3.05) is 37.0 Å². The molecular formula is C13H18N4O. The Hall–Kier alpha value is -1.88. The van der Waals surface area contributed by atoms with Gasteiger partial charge in [-0.1, -0.05) is 12.1 Å². The van der Waals surface area contributed by atoms with Gasteiger partial charge in [-0.05, 0) is 19.1 Å². The molecule has 2 aromatic rings. The largest absolute Gasteiger partial charge is 0.395 e. The molecule has 0 unspecified atom stereocenters. The van der Waals surface area contributed by atoms with Crippen LogP contribution in [0.3, 0.4) is 0 Å². The van der Waals surface area contributed by atoms with E-state index in [0.717, 1.165) is 23.3 Å². The van der Waals surface area contributed by atoms with Crippen LogP contribution in [0.5, 0.6) is 0 Å². The molecule has 1 aromatic carbocycles. The zero-order valence-electron chi connectivity index (χ0n) is 10.7. The monoisotopic (exact) mass is 246 g/mol. The van der Waals surface area contributed by atoms with Crippen LogP contribution in [0.25, 0.3) is 10.9 Å². The lowest BCUT2D eigenvalue weighted by atomic mass is 10.2. The Balaban J connectivity index is 2.53. The van der Waals surface area contributed by atoms with Crippen molar-refractivity contribution in [2.24, 2.45) is 0 Å². The molecular weight excluding hydrogens is 228 g/mol. The van der Waals surface area contributed by atoms with Gasteiger partial charge in [-0.3, -0.25) is 0 Å². The summed E-state index contributed by atoms with van der Waals surface area (Å²) in [6, 6.07) is 7.89. The summed E-state index contributed by atoms with van der Waals surface area (Å²) in [5.74, 6) is 1.46. The molecule has 0 saturated carbocycles. The van der Waals surface area contributed by atoms with Crippen LogP contribution in [-0.4, -0.2) is 41.8 Å². The average Bonchev–Trinajstić information content (AvgIpc) is 2.38. The molecule has 2 N–H and O–H groups in total. The molecule has 0 fully saturated rings. The van der Waals surface area contributed by atoms with Gasteiger partial charge in [-0.25, -0.2) is 4.98 Å². The third kappa shape index (κ3) is 2.51. The number of likely N-dealkylation sites (N-methyl/N-ethyl adjacent to an activating group) is 1. The lowest BCUT2D eigenvalue weighted by molar-refractivity contribution is 0.304. The quantitative estimate of drug-likeness (QED) is 0.837. The number of nitrogens with one attached hydrogen (secondary N) is 1. The van der Waals surface area contributed by atoms with Crippen LogP contribution >= 0.6 is 0 Å². The van der Waals surface area contributed by atoms with Gasteiger partial charge in [-0.2, -0.15) is 4.98 Å². The van der Waals surface area contributed by atoms with Crippen molar-refractivity contribution in [1.29, 1.82) is 0 Å². The molecule has 96 valence electrons. The number of aliphatic hydroxyl groups excluding tert-OH is 1. The topological polar surface area (TPSA) is 61.3 Å². The molecule has 0 amide bonds. The predicted molar refractivity (Wildman–Crippen MR) is 74.1 cm³/mol. The van der Waals surface area contributed by atoms with Crippen LogP contribution in [0.4, 0.5) is 11.8 Å². The summed E-state index contributed by atoms with van der Waals surface area (Å²) >= 11 is 0. The summed E-state index contributed by atoms with van der Waals surface area (Å²) < 4.78 is 0. The molecule has 0 saturated heterocycles. The normalized spacial score (nSPS) is 10.6. The summed E-state index contributed by atoms with van der Waals surface area (Å²) in [7, 11) is 1.92. The maximum Gasteiger partial charge on any atom is 0.225 e. The molecule has 0 aliphatic heterocycles. The van der Waals surface area contributed by atoms with Gasteiger partial charge in [0, 0.05) is 25.5 Å². The number of hydrogen-bond donors (Lipinski definition) is 2. The molecule has 0 bridgehead atoms. The summed E-state index contributed by atoms with van der Waals surface area (Å²) in [5.41, 5.74) is 0.906. The zero-order valence-corrected chi connectivity index (χ0v) is 10.7. The maximum absolute atomic E-state index is 9.04. The SMILES string of the molecule is CCNc1nc(N(C)CCO)c2ccccc2n1. The van der Waals surface area contributed by atoms with Crippen LogP contribution in [-0.2, 0) is 0 Å². The summed E-state index contributed by atoms with van der Waals surface area (Å²) in [4.78, 5) is 10.9. The molecule has 0 aliphatic rings. The minimum atomic E-state index is 0.103. The fraction of sp³-hybridized carbons (Fsp3) is 0.385. The highest BCUT2D eigenvalue weighted by molar-refractivity contribution is 5.90. The molecule has 5 heteroatoms. The minimum absolute atomic E-state index is 0.103. The fourth-order valence-corrected chi connectivity index (χ4v) is 1.84. The van der Waals surface area contributed by atoms with E-state index in [4.69, 9.17) is 5.11 Å². The molecule has 2 rings (SSSR count). The Bertz CT molecular complexity index is 529. The number of aliphatic hydroxyl groups is 1. The number of nitrogens with zero attached hydrogens (tertiary/aromatic N) is 3. The molecule has 18 heavy (non-hydrogen) atoms. The number of aromatic nitrogens is 2. The van der Waals surface area contributed by atoms with Crippen LogP contribution in [0.1, 0.15) is 6.92 Å². The first kappa shape index (κ1) is 12.6. The number of benzene rings is 1. The van der Waals surface area contributed by atoms with E-state index in [1.807, 2.05) is 43.1 Å². The van der Waals surface area contributed by atoms with Gasteiger partial charge in [0.25, 0.3) is 0 Å². The van der Waals surface area contributed by atoms with Crippen molar-refractivity contribution in [3.8, 4) is 0 Å². The van der Waals surface area contributed by atoms with E-state index < -0.39 is 0 Å². The zero-order chi connectivity index (χ0) is 13.0. The fourth-order valence-electron chi connectivity index (χ4n) is 1.84. The van der Waals surface area contributed by atoms with Gasteiger partial charge in [0.1, 0.15) is 5.82 Å². The highest BCUT2D eigenvalue weighted by Gasteiger charge is 2.10. The van der Waals surface area contributed by atoms with Crippen molar-refractivity contribution >= 4 is 22.7 Å². The molecule has 5 nitrogen and oxygen atoms in total. The number of fused-ring (bicyclic) bond motifs is 1. The third-order valence-electron chi connectivity index (χ3n) is 2.71. The van der Waals surface area contributed by atoms with Crippen LogP contribution in [0, 0.1) is 0 Å². The Morgan fingerprint density at radius 2 is 2.06 bits per heavy atom. The first-order valence-electron chi connectivity index (χ1n) is 6.09. The number of hydrogen-bond acceptors (Lipinski definition) is 5.